The molecule has 150 valence electrons. The van der Waals surface area contributed by atoms with Crippen molar-refractivity contribution in [3.8, 4) is 5.88 Å². The first-order valence-electron chi connectivity index (χ1n) is 9.79. The largest absolute Gasteiger partial charge is 0.494 e. The Morgan fingerprint density at radius 3 is 2.57 bits per heavy atom. The smallest absolute Gasteiger partial charge is 0.291 e. The SMILES string of the molecule is CC(C)(C)Cn1c(O)c(C(=O)NC2CC2)c(=O)n2nc(N)c(C=CC3CC3)c12. The van der Waals surface area contributed by atoms with Crippen LogP contribution in [-0.4, -0.2) is 31.2 Å². The first-order chi connectivity index (χ1) is 13.2. The molecule has 2 aromatic rings. The first kappa shape index (κ1) is 18.6. The number of hydrogen-bond acceptors (Lipinski definition) is 5. The molecule has 0 atom stereocenters. The van der Waals surface area contributed by atoms with Crippen molar-refractivity contribution in [3.63, 3.8) is 0 Å². The molecule has 2 aliphatic rings. The molecule has 2 fully saturated rings. The summed E-state index contributed by atoms with van der Waals surface area (Å²) in [4.78, 5) is 25.7. The molecule has 28 heavy (non-hydrogen) atoms. The Kier molecular flexibility index (Phi) is 4.24. The van der Waals surface area contributed by atoms with Crippen LogP contribution in [0.2, 0.25) is 0 Å². The molecule has 8 heteroatoms. The number of carbonyl (C=O) groups excluding carboxylic acids is 1. The summed E-state index contributed by atoms with van der Waals surface area (Å²) < 4.78 is 2.73. The summed E-state index contributed by atoms with van der Waals surface area (Å²) in [5.41, 5.74) is 5.96. The number of carbonyl (C=O) groups is 1. The summed E-state index contributed by atoms with van der Waals surface area (Å²) in [6.45, 7) is 6.45. The van der Waals surface area contributed by atoms with Crippen molar-refractivity contribution in [1.82, 2.24) is 19.5 Å². The molecule has 0 radical (unpaired) electrons. The molecule has 0 aromatic carbocycles. The summed E-state index contributed by atoms with van der Waals surface area (Å²) in [7, 11) is 0. The second-order valence-corrected chi connectivity index (χ2v) is 9.13. The average molecular weight is 385 g/mol. The number of rotatable bonds is 5. The fourth-order valence-electron chi connectivity index (χ4n) is 3.26. The standard InChI is InChI=1S/C20H27N5O3/c1-20(2,3)10-24-17-13(9-6-11-4-5-11)15(21)23-25(17)19(28)14(18(24)27)16(26)22-12-7-8-12/h6,9,11-12,27H,4-5,7-8,10H2,1-3H3,(H2,21,23)(H,22,26). The Balaban J connectivity index is 1.94. The number of aromatic hydroxyl groups is 1. The molecule has 0 spiro atoms. The number of hydrogen-bond donors (Lipinski definition) is 3. The minimum Gasteiger partial charge on any atom is -0.494 e. The van der Waals surface area contributed by atoms with Crippen molar-refractivity contribution in [2.45, 2.75) is 59.0 Å². The molecule has 0 aliphatic heterocycles. The second kappa shape index (κ2) is 6.39. The molecule has 2 aromatic heterocycles. The van der Waals surface area contributed by atoms with Crippen LogP contribution in [0.3, 0.4) is 0 Å². The van der Waals surface area contributed by atoms with Gasteiger partial charge in [0.15, 0.2) is 17.0 Å². The van der Waals surface area contributed by atoms with Crippen LogP contribution in [0.1, 0.15) is 62.4 Å². The van der Waals surface area contributed by atoms with E-state index in [0.29, 0.717) is 23.7 Å². The number of anilines is 1. The minimum atomic E-state index is -0.659. The van der Waals surface area contributed by atoms with E-state index in [-0.39, 0.29) is 28.7 Å². The molecule has 0 saturated heterocycles. The Morgan fingerprint density at radius 2 is 2.00 bits per heavy atom. The molecular weight excluding hydrogens is 358 g/mol. The van der Waals surface area contributed by atoms with Gasteiger partial charge in [-0.3, -0.25) is 14.2 Å². The number of nitrogens with one attached hydrogen (secondary N) is 1. The van der Waals surface area contributed by atoms with Crippen LogP contribution in [0.15, 0.2) is 10.9 Å². The molecular formula is C20H27N5O3. The zero-order chi connectivity index (χ0) is 20.2. The molecule has 8 nitrogen and oxygen atoms in total. The lowest BCUT2D eigenvalue weighted by atomic mass is 9.96. The van der Waals surface area contributed by atoms with Gasteiger partial charge in [-0.15, -0.1) is 5.10 Å². The number of amides is 1. The van der Waals surface area contributed by atoms with E-state index in [0.717, 1.165) is 30.2 Å². The monoisotopic (exact) mass is 385 g/mol. The van der Waals surface area contributed by atoms with Crippen LogP contribution in [0.25, 0.3) is 11.7 Å². The number of allylic oxidation sites excluding steroid dienone is 1. The van der Waals surface area contributed by atoms with Crippen molar-refractivity contribution in [2.75, 3.05) is 5.73 Å². The lowest BCUT2D eigenvalue weighted by Gasteiger charge is -2.23. The number of fused-ring (bicyclic) bond motifs is 1. The van der Waals surface area contributed by atoms with Gasteiger partial charge in [0, 0.05) is 12.6 Å². The number of nitrogens with zero attached hydrogens (tertiary/aromatic N) is 3. The van der Waals surface area contributed by atoms with E-state index >= 15 is 0 Å². The van der Waals surface area contributed by atoms with Crippen molar-refractivity contribution in [1.29, 1.82) is 0 Å². The van der Waals surface area contributed by atoms with Crippen LogP contribution in [0, 0.1) is 11.3 Å². The predicted molar refractivity (Wildman–Crippen MR) is 107 cm³/mol. The van der Waals surface area contributed by atoms with E-state index in [1.54, 1.807) is 4.57 Å². The topological polar surface area (TPSA) is 115 Å². The summed E-state index contributed by atoms with van der Waals surface area (Å²) in [6.07, 6.45) is 7.98. The zero-order valence-corrected chi connectivity index (χ0v) is 16.5. The Bertz CT molecular complexity index is 1030. The second-order valence-electron chi connectivity index (χ2n) is 9.13. The number of aromatic nitrogens is 3. The predicted octanol–water partition coefficient (Wildman–Crippen LogP) is 2.15. The van der Waals surface area contributed by atoms with Gasteiger partial charge < -0.3 is 16.2 Å². The highest BCUT2D eigenvalue weighted by atomic mass is 16.3. The van der Waals surface area contributed by atoms with Gasteiger partial charge in [0.2, 0.25) is 5.88 Å². The number of nitrogens with two attached hydrogens (primary N) is 1. The molecule has 2 heterocycles. The quantitative estimate of drug-likeness (QED) is 0.729. The van der Waals surface area contributed by atoms with E-state index in [9.17, 15) is 14.7 Å². The van der Waals surface area contributed by atoms with Crippen molar-refractivity contribution < 1.29 is 9.90 Å². The van der Waals surface area contributed by atoms with Crippen LogP contribution in [0.5, 0.6) is 5.88 Å². The summed E-state index contributed by atoms with van der Waals surface area (Å²) >= 11 is 0. The Labute approximate surface area is 163 Å². The lowest BCUT2D eigenvalue weighted by Crippen LogP contribution is -2.35. The zero-order valence-electron chi connectivity index (χ0n) is 16.5. The lowest BCUT2D eigenvalue weighted by molar-refractivity contribution is 0.0944. The van der Waals surface area contributed by atoms with Gasteiger partial charge in [-0.2, -0.15) is 4.52 Å². The highest BCUT2D eigenvalue weighted by Gasteiger charge is 2.31. The third kappa shape index (κ3) is 3.50. The van der Waals surface area contributed by atoms with Crippen LogP contribution >= 0.6 is 0 Å². The van der Waals surface area contributed by atoms with Gasteiger partial charge >= 0.3 is 0 Å². The highest BCUT2D eigenvalue weighted by molar-refractivity contribution is 5.97. The van der Waals surface area contributed by atoms with E-state index in [4.69, 9.17) is 5.73 Å². The van der Waals surface area contributed by atoms with Crippen LogP contribution in [-0.2, 0) is 6.54 Å². The van der Waals surface area contributed by atoms with Gasteiger partial charge in [0.1, 0.15) is 0 Å². The first-order valence-corrected chi connectivity index (χ1v) is 9.79. The van der Waals surface area contributed by atoms with E-state index in [1.165, 1.54) is 0 Å². The van der Waals surface area contributed by atoms with Gasteiger partial charge in [-0.1, -0.05) is 32.9 Å². The van der Waals surface area contributed by atoms with Crippen molar-refractivity contribution in [3.05, 3.63) is 27.6 Å². The maximum atomic E-state index is 13.0. The fraction of sp³-hybridized carbons (Fsp3) is 0.550. The van der Waals surface area contributed by atoms with Crippen molar-refractivity contribution in [2.24, 2.45) is 11.3 Å². The Morgan fingerprint density at radius 1 is 1.32 bits per heavy atom. The van der Waals surface area contributed by atoms with E-state index < -0.39 is 11.5 Å². The van der Waals surface area contributed by atoms with E-state index in [1.807, 2.05) is 26.8 Å². The fourth-order valence-corrected chi connectivity index (χ4v) is 3.26. The van der Waals surface area contributed by atoms with Crippen LogP contribution < -0.4 is 16.6 Å². The van der Waals surface area contributed by atoms with Crippen molar-refractivity contribution >= 4 is 23.4 Å². The van der Waals surface area contributed by atoms with Gasteiger partial charge in [0.25, 0.3) is 11.5 Å². The molecule has 4 rings (SSSR count). The summed E-state index contributed by atoms with van der Waals surface area (Å²) in [5, 5.41) is 17.9. The summed E-state index contributed by atoms with van der Waals surface area (Å²) in [5.74, 6) is -0.185. The van der Waals surface area contributed by atoms with Gasteiger partial charge in [0.05, 0.1) is 5.56 Å². The molecule has 1 amide bonds. The normalized spacial score (nSPS) is 17.5. The van der Waals surface area contributed by atoms with Gasteiger partial charge in [-0.25, -0.2) is 0 Å². The van der Waals surface area contributed by atoms with Gasteiger partial charge in [-0.05, 0) is 37.0 Å². The maximum Gasteiger partial charge on any atom is 0.291 e. The third-order valence-electron chi connectivity index (χ3n) is 5.00. The molecule has 0 unspecified atom stereocenters. The molecule has 4 N–H and O–H groups in total. The summed E-state index contributed by atoms with van der Waals surface area (Å²) in [6, 6.07) is 0.0674. The Hall–Kier alpha value is -2.77. The minimum absolute atomic E-state index is 0.0674. The third-order valence-corrected chi connectivity index (χ3v) is 5.00. The average Bonchev–Trinajstić information content (AvgIpc) is 3.50. The maximum absolute atomic E-state index is 13.0. The molecule has 2 aliphatic carbocycles. The van der Waals surface area contributed by atoms with Crippen LogP contribution in [0.4, 0.5) is 5.82 Å². The highest BCUT2D eigenvalue weighted by Crippen LogP contribution is 2.33. The molecule has 0 bridgehead atoms. The molecule has 2 saturated carbocycles. The van der Waals surface area contributed by atoms with E-state index in [2.05, 4.69) is 16.5 Å². The number of nitrogen functional groups attached to an aromatic ring is 1.